The first-order chi connectivity index (χ1) is 16.1. The van der Waals surface area contributed by atoms with Crippen molar-refractivity contribution in [3.05, 3.63) is 70.3 Å². The van der Waals surface area contributed by atoms with Crippen LogP contribution in [0.4, 0.5) is 13.2 Å². The van der Waals surface area contributed by atoms with Gasteiger partial charge in [0.25, 0.3) is 0 Å². The second-order valence-electron chi connectivity index (χ2n) is 7.94. The number of methoxy groups -OCH3 is 1. The number of aromatic nitrogens is 3. The molecule has 0 radical (unpaired) electrons. The third kappa shape index (κ3) is 4.88. The van der Waals surface area contributed by atoms with Gasteiger partial charge in [-0.05, 0) is 55.3 Å². The zero-order valence-corrected chi connectivity index (χ0v) is 20.0. The highest BCUT2D eigenvalue weighted by atomic mass is 35.5. The standard InChI is InChI=1S/C23H21ClF3N3O3S/c1-12(2)33-19(31)11-18-21-28-29-22(23(25,26)27)30(21)17-8-7-14(24)10-16(17)20(34-18)13-5-4-6-15(9-13)32-3/h4-10,12,18,20H,11H2,1-3H3/t18-,20-/m1/s1. The quantitative estimate of drug-likeness (QED) is 0.382. The van der Waals surface area contributed by atoms with Gasteiger partial charge in [-0.3, -0.25) is 9.36 Å². The Kier molecular flexibility index (Phi) is 6.82. The van der Waals surface area contributed by atoms with Crippen LogP contribution in [0.15, 0.2) is 42.5 Å². The highest BCUT2D eigenvalue weighted by molar-refractivity contribution is 8.00. The molecule has 6 nitrogen and oxygen atoms in total. The molecule has 2 atom stereocenters. The van der Waals surface area contributed by atoms with Crippen molar-refractivity contribution in [3.8, 4) is 11.4 Å². The van der Waals surface area contributed by atoms with Gasteiger partial charge in [0.1, 0.15) is 5.75 Å². The van der Waals surface area contributed by atoms with E-state index in [9.17, 15) is 18.0 Å². The Morgan fingerprint density at radius 3 is 2.65 bits per heavy atom. The number of nitrogens with zero attached hydrogens (tertiary/aromatic N) is 3. The molecule has 4 rings (SSSR count). The fraction of sp³-hybridized carbons (Fsp3) is 0.348. The van der Waals surface area contributed by atoms with E-state index >= 15 is 0 Å². The van der Waals surface area contributed by atoms with Gasteiger partial charge in [0.15, 0.2) is 5.82 Å². The summed E-state index contributed by atoms with van der Waals surface area (Å²) in [4.78, 5) is 12.6. The van der Waals surface area contributed by atoms with Crippen LogP contribution < -0.4 is 4.74 Å². The maximum Gasteiger partial charge on any atom is 0.452 e. The summed E-state index contributed by atoms with van der Waals surface area (Å²) in [5.41, 5.74) is 1.57. The summed E-state index contributed by atoms with van der Waals surface area (Å²) in [5, 5.41) is 6.46. The van der Waals surface area contributed by atoms with Crippen LogP contribution in [0, 0.1) is 0 Å². The van der Waals surface area contributed by atoms with Crippen LogP contribution in [0.3, 0.4) is 0 Å². The number of hydrogen-bond acceptors (Lipinski definition) is 6. The number of rotatable bonds is 5. The molecule has 2 aromatic carbocycles. The topological polar surface area (TPSA) is 66.2 Å². The van der Waals surface area contributed by atoms with Crippen molar-refractivity contribution < 1.29 is 27.4 Å². The highest BCUT2D eigenvalue weighted by Gasteiger charge is 2.43. The predicted molar refractivity (Wildman–Crippen MR) is 122 cm³/mol. The van der Waals surface area contributed by atoms with E-state index in [1.807, 2.05) is 12.1 Å². The summed E-state index contributed by atoms with van der Waals surface area (Å²) < 4.78 is 53.4. The van der Waals surface area contributed by atoms with E-state index in [4.69, 9.17) is 21.1 Å². The van der Waals surface area contributed by atoms with Gasteiger partial charge in [-0.1, -0.05) is 23.7 Å². The van der Waals surface area contributed by atoms with E-state index in [1.165, 1.54) is 31.0 Å². The van der Waals surface area contributed by atoms with Crippen LogP contribution >= 0.6 is 23.4 Å². The molecule has 1 aliphatic rings. The molecule has 0 N–H and O–H groups in total. The summed E-state index contributed by atoms with van der Waals surface area (Å²) in [5.74, 6) is -1.09. The van der Waals surface area contributed by atoms with Gasteiger partial charge >= 0.3 is 12.1 Å². The lowest BCUT2D eigenvalue weighted by molar-refractivity contribution is -0.147. The third-order valence-corrected chi connectivity index (χ3v) is 6.90. The van der Waals surface area contributed by atoms with Gasteiger partial charge in [0.05, 0.1) is 35.8 Å². The van der Waals surface area contributed by atoms with Crippen molar-refractivity contribution in [2.75, 3.05) is 7.11 Å². The van der Waals surface area contributed by atoms with Crippen molar-refractivity contribution in [2.24, 2.45) is 0 Å². The molecule has 1 aliphatic heterocycles. The van der Waals surface area contributed by atoms with Crippen molar-refractivity contribution >= 4 is 29.3 Å². The molecular weight excluding hydrogens is 491 g/mol. The normalized spacial score (nSPS) is 17.6. The van der Waals surface area contributed by atoms with E-state index in [0.717, 1.165) is 10.1 Å². The third-order valence-electron chi connectivity index (χ3n) is 5.16. The van der Waals surface area contributed by atoms with E-state index in [1.54, 1.807) is 32.0 Å². The molecule has 0 aliphatic carbocycles. The zero-order valence-electron chi connectivity index (χ0n) is 18.5. The Labute approximate surface area is 203 Å². The first-order valence-electron chi connectivity index (χ1n) is 10.4. The molecule has 0 amide bonds. The minimum atomic E-state index is -4.76. The predicted octanol–water partition coefficient (Wildman–Crippen LogP) is 6.17. The average Bonchev–Trinajstić information content (AvgIpc) is 3.17. The number of carbonyl (C=O) groups is 1. The molecule has 0 bridgehead atoms. The number of esters is 1. The molecule has 34 heavy (non-hydrogen) atoms. The Balaban J connectivity index is 1.93. The fourth-order valence-electron chi connectivity index (χ4n) is 3.83. The van der Waals surface area contributed by atoms with Crippen LogP contribution in [0.1, 0.15) is 53.5 Å². The number of hydrogen-bond donors (Lipinski definition) is 0. The van der Waals surface area contributed by atoms with Crippen molar-refractivity contribution in [1.29, 1.82) is 0 Å². The number of halogens is 4. The van der Waals surface area contributed by atoms with Gasteiger partial charge in [-0.25, -0.2) is 0 Å². The number of ether oxygens (including phenoxy) is 2. The lowest BCUT2D eigenvalue weighted by atomic mass is 10.0. The van der Waals surface area contributed by atoms with E-state index in [2.05, 4.69) is 10.2 Å². The molecule has 180 valence electrons. The number of benzene rings is 2. The molecule has 0 unspecified atom stereocenters. The summed E-state index contributed by atoms with van der Waals surface area (Å²) in [6.07, 6.45) is -5.30. The summed E-state index contributed by atoms with van der Waals surface area (Å²) in [7, 11) is 1.53. The van der Waals surface area contributed by atoms with Crippen LogP contribution in [0.25, 0.3) is 5.69 Å². The van der Waals surface area contributed by atoms with E-state index < -0.39 is 28.5 Å². The van der Waals surface area contributed by atoms with Crippen LogP contribution in [0.2, 0.25) is 5.02 Å². The van der Waals surface area contributed by atoms with Crippen LogP contribution in [-0.4, -0.2) is 33.9 Å². The molecule has 0 saturated carbocycles. The number of thioether (sulfide) groups is 1. The van der Waals surface area contributed by atoms with Crippen LogP contribution in [0.5, 0.6) is 5.75 Å². The Morgan fingerprint density at radius 1 is 1.21 bits per heavy atom. The van der Waals surface area contributed by atoms with Gasteiger partial charge in [0, 0.05) is 5.02 Å². The molecule has 0 saturated heterocycles. The molecule has 3 aromatic rings. The molecule has 1 aromatic heterocycles. The smallest absolute Gasteiger partial charge is 0.452 e. The average molecular weight is 512 g/mol. The Hall–Kier alpha value is -2.72. The van der Waals surface area contributed by atoms with Crippen molar-refractivity contribution in [1.82, 2.24) is 14.8 Å². The van der Waals surface area contributed by atoms with Gasteiger partial charge in [-0.2, -0.15) is 13.2 Å². The zero-order chi connectivity index (χ0) is 24.6. The summed E-state index contributed by atoms with van der Waals surface area (Å²) in [6, 6.07) is 11.9. The van der Waals surface area contributed by atoms with Crippen molar-refractivity contribution in [2.45, 2.75) is 43.0 Å². The van der Waals surface area contributed by atoms with Crippen LogP contribution in [-0.2, 0) is 15.7 Å². The van der Waals surface area contributed by atoms with E-state index in [0.29, 0.717) is 16.3 Å². The number of carbonyl (C=O) groups excluding carboxylic acids is 1. The lowest BCUT2D eigenvalue weighted by Gasteiger charge is -2.21. The molecular formula is C23H21ClF3N3O3S. The number of fused-ring (bicyclic) bond motifs is 3. The second-order valence-corrected chi connectivity index (χ2v) is 9.69. The Bertz CT molecular complexity index is 1220. The SMILES string of the molecule is COc1cccc([C@H]2S[C@H](CC(=O)OC(C)C)c3nnc(C(F)(F)F)n3-c3ccc(Cl)cc32)c1. The van der Waals surface area contributed by atoms with E-state index in [-0.39, 0.29) is 24.0 Å². The maximum atomic E-state index is 13.9. The van der Waals surface area contributed by atoms with Gasteiger partial charge in [-0.15, -0.1) is 22.0 Å². The van der Waals surface area contributed by atoms with Gasteiger partial charge in [0.2, 0.25) is 5.82 Å². The highest BCUT2D eigenvalue weighted by Crippen LogP contribution is 2.52. The fourth-order valence-corrected chi connectivity index (χ4v) is 5.48. The monoisotopic (exact) mass is 511 g/mol. The first kappa shape index (κ1) is 24.4. The maximum absolute atomic E-state index is 13.9. The summed E-state index contributed by atoms with van der Waals surface area (Å²) >= 11 is 7.57. The largest absolute Gasteiger partial charge is 0.497 e. The molecule has 0 spiro atoms. The Morgan fingerprint density at radius 2 is 1.97 bits per heavy atom. The minimum Gasteiger partial charge on any atom is -0.497 e. The minimum absolute atomic E-state index is 0.0204. The second kappa shape index (κ2) is 9.50. The summed E-state index contributed by atoms with van der Waals surface area (Å²) in [6.45, 7) is 3.42. The van der Waals surface area contributed by atoms with Gasteiger partial charge < -0.3 is 9.47 Å². The molecule has 11 heteroatoms. The first-order valence-corrected chi connectivity index (χ1v) is 11.7. The van der Waals surface area contributed by atoms with Crippen molar-refractivity contribution in [3.63, 3.8) is 0 Å². The molecule has 2 heterocycles. The lowest BCUT2D eigenvalue weighted by Crippen LogP contribution is -2.18. The number of alkyl halides is 3. The molecule has 0 fully saturated rings.